The predicted octanol–water partition coefficient (Wildman–Crippen LogP) is 3.24. The van der Waals surface area contributed by atoms with Crippen LogP contribution in [0.15, 0.2) is 61.6 Å². The van der Waals surface area contributed by atoms with Crippen molar-refractivity contribution in [1.29, 1.82) is 0 Å². The molecule has 0 spiro atoms. The smallest absolute Gasteiger partial charge is 0.247 e. The van der Waals surface area contributed by atoms with Crippen molar-refractivity contribution in [3.63, 3.8) is 0 Å². The molecular formula is C20H19N7O. The minimum absolute atomic E-state index is 0.241. The van der Waals surface area contributed by atoms with Gasteiger partial charge in [0.2, 0.25) is 11.9 Å². The number of aryl methyl sites for hydroxylation is 2. The Hall–Kier alpha value is -3.94. The second kappa shape index (κ2) is 6.99. The number of amides is 1. The summed E-state index contributed by atoms with van der Waals surface area (Å²) in [6.45, 7) is 3.48. The molecule has 0 aliphatic carbocycles. The Morgan fingerprint density at radius 3 is 2.82 bits per heavy atom. The van der Waals surface area contributed by atoms with Gasteiger partial charge in [-0.3, -0.25) is 9.48 Å². The van der Waals surface area contributed by atoms with Crippen molar-refractivity contribution < 1.29 is 4.79 Å². The lowest BCUT2D eigenvalue weighted by atomic mass is 10.1. The van der Waals surface area contributed by atoms with E-state index in [1.165, 1.54) is 6.08 Å². The van der Waals surface area contributed by atoms with E-state index in [1.54, 1.807) is 10.9 Å². The zero-order chi connectivity index (χ0) is 19.7. The molecule has 4 rings (SSSR count). The van der Waals surface area contributed by atoms with Gasteiger partial charge in [-0.15, -0.1) is 0 Å². The van der Waals surface area contributed by atoms with E-state index in [9.17, 15) is 4.79 Å². The van der Waals surface area contributed by atoms with Gasteiger partial charge < -0.3 is 15.2 Å². The monoisotopic (exact) mass is 373 g/mol. The van der Waals surface area contributed by atoms with Crippen LogP contribution in [-0.4, -0.2) is 30.2 Å². The van der Waals surface area contributed by atoms with Gasteiger partial charge in [0, 0.05) is 55.4 Å². The highest BCUT2D eigenvalue weighted by atomic mass is 16.1. The Morgan fingerprint density at radius 2 is 2.07 bits per heavy atom. The average Bonchev–Trinajstić information content (AvgIpc) is 3.25. The van der Waals surface area contributed by atoms with Crippen molar-refractivity contribution in [3.05, 3.63) is 61.6 Å². The van der Waals surface area contributed by atoms with Gasteiger partial charge in [-0.25, -0.2) is 9.97 Å². The molecule has 0 aliphatic rings. The summed E-state index contributed by atoms with van der Waals surface area (Å²) in [5.41, 5.74) is 3.47. The van der Waals surface area contributed by atoms with Crippen molar-refractivity contribution in [2.24, 2.45) is 14.1 Å². The number of rotatable bonds is 5. The molecule has 3 aromatic heterocycles. The van der Waals surface area contributed by atoms with Crippen LogP contribution in [0.1, 0.15) is 0 Å². The number of benzene rings is 1. The molecule has 0 saturated carbocycles. The van der Waals surface area contributed by atoms with E-state index in [0.29, 0.717) is 17.5 Å². The third kappa shape index (κ3) is 3.35. The molecule has 1 aromatic carbocycles. The lowest BCUT2D eigenvalue weighted by molar-refractivity contribution is -0.111. The number of aromatic nitrogens is 5. The van der Waals surface area contributed by atoms with Crippen LogP contribution < -0.4 is 10.6 Å². The third-order valence-corrected chi connectivity index (χ3v) is 4.33. The fourth-order valence-electron chi connectivity index (χ4n) is 3.02. The standard InChI is InChI=1S/C20H19N7O/c1-4-19(28)22-13-5-6-14-15(12-26(2)17(14)11-13)16-7-9-21-20(23-16)24-18-8-10-27(3)25-18/h4-12H,1H2,2-3H3,(H,22,28)(H,21,23,24,25). The molecule has 1 amide bonds. The van der Waals surface area contributed by atoms with Gasteiger partial charge in [0.1, 0.15) is 0 Å². The van der Waals surface area contributed by atoms with Crippen LogP contribution in [0.5, 0.6) is 0 Å². The minimum Gasteiger partial charge on any atom is -0.350 e. The summed E-state index contributed by atoms with van der Waals surface area (Å²) in [5, 5.41) is 11.2. The number of hydrogen-bond donors (Lipinski definition) is 2. The normalized spacial score (nSPS) is 10.8. The predicted molar refractivity (Wildman–Crippen MR) is 109 cm³/mol. The Morgan fingerprint density at radius 1 is 1.21 bits per heavy atom. The fraction of sp³-hybridized carbons (Fsp3) is 0.100. The van der Waals surface area contributed by atoms with Crippen molar-refractivity contribution in [3.8, 4) is 11.3 Å². The Balaban J connectivity index is 1.70. The van der Waals surface area contributed by atoms with Crippen LogP contribution in [0, 0.1) is 0 Å². The molecule has 28 heavy (non-hydrogen) atoms. The first-order valence-corrected chi connectivity index (χ1v) is 8.66. The van der Waals surface area contributed by atoms with E-state index in [-0.39, 0.29) is 5.91 Å². The molecule has 0 atom stereocenters. The molecule has 0 fully saturated rings. The van der Waals surface area contributed by atoms with Gasteiger partial charge in [-0.05, 0) is 24.3 Å². The summed E-state index contributed by atoms with van der Waals surface area (Å²) in [5.74, 6) is 0.915. The van der Waals surface area contributed by atoms with Crippen LogP contribution in [0.3, 0.4) is 0 Å². The first-order chi connectivity index (χ1) is 13.5. The van der Waals surface area contributed by atoms with Gasteiger partial charge in [-0.2, -0.15) is 5.10 Å². The van der Waals surface area contributed by atoms with E-state index in [2.05, 4.69) is 32.3 Å². The number of carbonyl (C=O) groups is 1. The van der Waals surface area contributed by atoms with E-state index in [0.717, 1.165) is 22.2 Å². The largest absolute Gasteiger partial charge is 0.350 e. The molecule has 3 heterocycles. The molecular weight excluding hydrogens is 354 g/mol. The molecule has 0 radical (unpaired) electrons. The number of anilines is 3. The highest BCUT2D eigenvalue weighted by molar-refractivity contribution is 6.02. The second-order valence-electron chi connectivity index (χ2n) is 6.34. The summed E-state index contributed by atoms with van der Waals surface area (Å²) in [7, 11) is 3.81. The van der Waals surface area contributed by atoms with Crippen molar-refractivity contribution in [1.82, 2.24) is 24.3 Å². The fourth-order valence-corrected chi connectivity index (χ4v) is 3.02. The van der Waals surface area contributed by atoms with E-state index < -0.39 is 0 Å². The first kappa shape index (κ1) is 17.5. The lowest BCUT2D eigenvalue weighted by Crippen LogP contribution is -2.07. The van der Waals surface area contributed by atoms with Crippen molar-refractivity contribution in [2.75, 3.05) is 10.6 Å². The van der Waals surface area contributed by atoms with Crippen LogP contribution in [0.2, 0.25) is 0 Å². The summed E-state index contributed by atoms with van der Waals surface area (Å²) in [6, 6.07) is 9.48. The molecule has 0 saturated heterocycles. The van der Waals surface area contributed by atoms with E-state index in [4.69, 9.17) is 0 Å². The third-order valence-electron chi connectivity index (χ3n) is 4.33. The molecule has 0 aliphatic heterocycles. The molecule has 0 bridgehead atoms. The maximum absolute atomic E-state index is 11.6. The molecule has 8 nitrogen and oxygen atoms in total. The number of nitrogens with one attached hydrogen (secondary N) is 2. The van der Waals surface area contributed by atoms with Gasteiger partial charge in [0.25, 0.3) is 0 Å². The lowest BCUT2D eigenvalue weighted by Gasteiger charge is -2.05. The first-order valence-electron chi connectivity index (χ1n) is 8.66. The van der Waals surface area contributed by atoms with Crippen molar-refractivity contribution >= 4 is 34.3 Å². The topological polar surface area (TPSA) is 89.7 Å². The molecule has 8 heteroatoms. The van der Waals surface area contributed by atoms with Crippen LogP contribution >= 0.6 is 0 Å². The maximum atomic E-state index is 11.6. The van der Waals surface area contributed by atoms with Gasteiger partial charge in [0.05, 0.1) is 11.2 Å². The minimum atomic E-state index is -0.241. The number of carbonyl (C=O) groups excluding carboxylic acids is 1. The van der Waals surface area contributed by atoms with Crippen molar-refractivity contribution in [2.45, 2.75) is 0 Å². The number of hydrogen-bond acceptors (Lipinski definition) is 5. The van der Waals surface area contributed by atoms with Gasteiger partial charge >= 0.3 is 0 Å². The molecule has 0 unspecified atom stereocenters. The molecule has 2 N–H and O–H groups in total. The van der Waals surface area contributed by atoms with E-state index in [1.807, 2.05) is 61.4 Å². The summed E-state index contributed by atoms with van der Waals surface area (Å²) < 4.78 is 3.71. The second-order valence-corrected chi connectivity index (χ2v) is 6.34. The van der Waals surface area contributed by atoms with E-state index >= 15 is 0 Å². The number of fused-ring (bicyclic) bond motifs is 1. The quantitative estimate of drug-likeness (QED) is 0.524. The van der Waals surface area contributed by atoms with Crippen LogP contribution in [0.25, 0.3) is 22.2 Å². The number of nitrogens with zero attached hydrogens (tertiary/aromatic N) is 5. The molecule has 4 aromatic rings. The average molecular weight is 373 g/mol. The Labute approximate surface area is 161 Å². The zero-order valence-corrected chi connectivity index (χ0v) is 15.5. The highest BCUT2D eigenvalue weighted by Crippen LogP contribution is 2.31. The Bertz CT molecular complexity index is 1190. The van der Waals surface area contributed by atoms with Crippen LogP contribution in [0.4, 0.5) is 17.5 Å². The Kier molecular flexibility index (Phi) is 4.36. The van der Waals surface area contributed by atoms with Gasteiger partial charge in [0.15, 0.2) is 5.82 Å². The SMILES string of the molecule is C=CC(=O)Nc1ccc2c(-c3ccnc(Nc4ccn(C)n4)n3)cn(C)c2c1. The summed E-state index contributed by atoms with van der Waals surface area (Å²) in [6.07, 6.45) is 6.82. The maximum Gasteiger partial charge on any atom is 0.247 e. The van der Waals surface area contributed by atoms with Gasteiger partial charge in [-0.1, -0.05) is 12.6 Å². The highest BCUT2D eigenvalue weighted by Gasteiger charge is 2.12. The molecule has 140 valence electrons. The summed E-state index contributed by atoms with van der Waals surface area (Å²) >= 11 is 0. The van der Waals surface area contributed by atoms with Crippen LogP contribution in [-0.2, 0) is 18.9 Å². The summed E-state index contributed by atoms with van der Waals surface area (Å²) in [4.78, 5) is 20.5. The zero-order valence-electron chi connectivity index (χ0n) is 15.5.